The molecule has 0 aromatic carbocycles. The fourth-order valence-electron chi connectivity index (χ4n) is 3.75. The van der Waals surface area contributed by atoms with Crippen LogP contribution in [-0.2, 0) is 6.42 Å². The number of allylic oxidation sites excluding steroid dienone is 2. The normalized spacial score (nSPS) is 19.0. The molecule has 1 aliphatic carbocycles. The van der Waals surface area contributed by atoms with Crippen LogP contribution in [-0.4, -0.2) is 65.8 Å². The van der Waals surface area contributed by atoms with Crippen LogP contribution in [0, 0.1) is 5.41 Å². The number of aromatic nitrogens is 3. The van der Waals surface area contributed by atoms with E-state index in [1.54, 1.807) is 0 Å². The van der Waals surface area contributed by atoms with E-state index < -0.39 is 0 Å². The molecule has 3 N–H and O–H groups in total. The summed E-state index contributed by atoms with van der Waals surface area (Å²) in [5.74, 6) is 1.21. The van der Waals surface area contributed by atoms with Crippen LogP contribution < -0.4 is 15.5 Å². The Kier molecular flexibility index (Phi) is 5.44. The van der Waals surface area contributed by atoms with Gasteiger partial charge in [-0.25, -0.2) is 15.0 Å². The molecule has 8 heteroatoms. The molecule has 152 valence electrons. The summed E-state index contributed by atoms with van der Waals surface area (Å²) >= 11 is 0. The summed E-state index contributed by atoms with van der Waals surface area (Å²) < 4.78 is 0. The first-order chi connectivity index (χ1) is 14.0. The molecule has 2 aliphatic rings. The second kappa shape index (κ2) is 8.16. The van der Waals surface area contributed by atoms with Crippen molar-refractivity contribution in [3.63, 3.8) is 0 Å². The maximum absolute atomic E-state index is 8.34. The zero-order chi connectivity index (χ0) is 20.4. The Morgan fingerprint density at radius 2 is 1.86 bits per heavy atom. The molecule has 2 aromatic heterocycles. The predicted octanol–water partition coefficient (Wildman–Crippen LogP) is 2.28. The first-order valence-electron chi connectivity index (χ1n) is 10.0. The Hall–Kier alpha value is -3.00. The van der Waals surface area contributed by atoms with Crippen LogP contribution in [0.4, 0.5) is 17.5 Å². The maximum Gasteiger partial charge on any atom is 0.228 e. The van der Waals surface area contributed by atoms with Gasteiger partial charge in [-0.05, 0) is 44.5 Å². The summed E-state index contributed by atoms with van der Waals surface area (Å²) in [4.78, 5) is 18.4. The maximum atomic E-state index is 8.34. The molecule has 0 radical (unpaired) electrons. The minimum Gasteiger partial charge on any atom is -0.391 e. The van der Waals surface area contributed by atoms with Gasteiger partial charge in [-0.3, -0.25) is 0 Å². The van der Waals surface area contributed by atoms with E-state index in [4.69, 9.17) is 10.4 Å². The number of hydrogen-bond acceptors (Lipinski definition) is 8. The molecule has 0 spiro atoms. The fourth-order valence-corrected chi connectivity index (χ4v) is 3.75. The quantitative estimate of drug-likeness (QED) is 0.735. The number of anilines is 3. The zero-order valence-corrected chi connectivity index (χ0v) is 17.3. The van der Waals surface area contributed by atoms with Crippen molar-refractivity contribution in [2.24, 2.45) is 0 Å². The average Bonchev–Trinajstić information content (AvgIpc) is 2.74. The summed E-state index contributed by atoms with van der Waals surface area (Å²) in [6.07, 6.45) is 5.27. The Bertz CT molecular complexity index is 926. The van der Waals surface area contributed by atoms with Crippen LogP contribution in [0.25, 0.3) is 5.57 Å². The molecular formula is C21H28N8. The number of piperazine rings is 1. The molecule has 0 saturated carbocycles. The Morgan fingerprint density at radius 1 is 1.07 bits per heavy atom. The molecule has 0 bridgehead atoms. The topological polar surface area (TPSA) is 93.1 Å². The van der Waals surface area contributed by atoms with E-state index in [-0.39, 0.29) is 0 Å². The molecule has 29 heavy (non-hydrogen) atoms. The summed E-state index contributed by atoms with van der Waals surface area (Å²) in [6.45, 7) is 6.15. The molecule has 8 nitrogen and oxygen atoms in total. The van der Waals surface area contributed by atoms with Gasteiger partial charge >= 0.3 is 0 Å². The zero-order valence-electron chi connectivity index (χ0n) is 17.3. The number of nitrogens with zero attached hydrogens (tertiary/aromatic N) is 5. The molecule has 1 saturated heterocycles. The van der Waals surface area contributed by atoms with Gasteiger partial charge in [-0.15, -0.1) is 0 Å². The lowest BCUT2D eigenvalue weighted by molar-refractivity contribution is 0.313. The molecule has 4 rings (SSSR count). The third kappa shape index (κ3) is 4.07. The molecular weight excluding hydrogens is 364 g/mol. The third-order valence-corrected chi connectivity index (χ3v) is 5.65. The monoisotopic (exact) mass is 392 g/mol. The summed E-state index contributed by atoms with van der Waals surface area (Å²) in [6, 6.07) is 4.05. The highest BCUT2D eigenvalue weighted by Gasteiger charge is 2.23. The highest BCUT2D eigenvalue weighted by Crippen LogP contribution is 2.29. The van der Waals surface area contributed by atoms with Crippen molar-refractivity contribution < 1.29 is 0 Å². The summed E-state index contributed by atoms with van der Waals surface area (Å²) in [5, 5.41) is 14.7. The summed E-state index contributed by atoms with van der Waals surface area (Å²) in [5.41, 5.74) is 5.49. The molecule has 0 atom stereocenters. The Morgan fingerprint density at radius 3 is 2.55 bits per heavy atom. The van der Waals surface area contributed by atoms with Crippen LogP contribution >= 0.6 is 0 Å². The smallest absolute Gasteiger partial charge is 0.228 e. The van der Waals surface area contributed by atoms with E-state index in [2.05, 4.69) is 43.5 Å². The van der Waals surface area contributed by atoms with Gasteiger partial charge in [0, 0.05) is 56.4 Å². The first-order valence-corrected chi connectivity index (χ1v) is 10.0. The summed E-state index contributed by atoms with van der Waals surface area (Å²) in [7, 11) is 4.03. The fraction of sp³-hybridized carbons (Fsp3) is 0.429. The lowest BCUT2D eigenvalue weighted by atomic mass is 9.89. The minimum absolute atomic E-state index is 0.500. The number of rotatable bonds is 4. The molecule has 3 heterocycles. The van der Waals surface area contributed by atoms with E-state index in [1.807, 2.05) is 32.4 Å². The second-order valence-electron chi connectivity index (χ2n) is 7.61. The number of fused-ring (bicyclic) bond motifs is 1. The molecule has 0 amide bonds. The average molecular weight is 393 g/mol. The molecule has 0 unspecified atom stereocenters. The van der Waals surface area contributed by atoms with Gasteiger partial charge in [0.1, 0.15) is 5.82 Å². The number of hydrogen-bond donors (Lipinski definition) is 3. The van der Waals surface area contributed by atoms with E-state index in [0.717, 1.165) is 60.8 Å². The van der Waals surface area contributed by atoms with Crippen LogP contribution in [0.3, 0.4) is 0 Å². The van der Waals surface area contributed by atoms with Crippen LogP contribution in [0.2, 0.25) is 0 Å². The predicted molar refractivity (Wildman–Crippen MR) is 117 cm³/mol. The highest BCUT2D eigenvalue weighted by atomic mass is 15.3. The van der Waals surface area contributed by atoms with Gasteiger partial charge in [0.05, 0.1) is 17.6 Å². The number of likely N-dealkylation sites (N-methyl/N-ethyl adjacent to an activating group) is 1. The van der Waals surface area contributed by atoms with E-state index in [9.17, 15) is 0 Å². The first kappa shape index (κ1) is 19.3. The lowest BCUT2D eigenvalue weighted by Gasteiger charge is -2.33. The van der Waals surface area contributed by atoms with Crippen LogP contribution in [0.1, 0.15) is 24.6 Å². The van der Waals surface area contributed by atoms with Crippen molar-refractivity contribution in [2.45, 2.75) is 19.8 Å². The van der Waals surface area contributed by atoms with Gasteiger partial charge in [-0.2, -0.15) is 0 Å². The van der Waals surface area contributed by atoms with Gasteiger partial charge in [0.15, 0.2) is 0 Å². The second-order valence-corrected chi connectivity index (χ2v) is 7.61. The number of aryl methyl sites for hydroxylation is 1. The minimum atomic E-state index is 0.500. The molecule has 1 fully saturated rings. The van der Waals surface area contributed by atoms with Crippen molar-refractivity contribution in [3.05, 3.63) is 41.5 Å². The van der Waals surface area contributed by atoms with Crippen molar-refractivity contribution in [1.82, 2.24) is 25.2 Å². The van der Waals surface area contributed by atoms with Crippen LogP contribution in [0.15, 0.2) is 30.2 Å². The van der Waals surface area contributed by atoms with Crippen molar-refractivity contribution in [1.29, 1.82) is 5.41 Å². The van der Waals surface area contributed by atoms with E-state index >= 15 is 0 Å². The molecule has 1 aliphatic heterocycles. The third-order valence-electron chi connectivity index (χ3n) is 5.65. The van der Waals surface area contributed by atoms with Gasteiger partial charge in [0.2, 0.25) is 5.95 Å². The largest absolute Gasteiger partial charge is 0.391 e. The van der Waals surface area contributed by atoms with Gasteiger partial charge < -0.3 is 25.8 Å². The lowest BCUT2D eigenvalue weighted by Crippen LogP contribution is -2.44. The van der Waals surface area contributed by atoms with E-state index in [1.165, 1.54) is 0 Å². The van der Waals surface area contributed by atoms with Crippen molar-refractivity contribution in [2.75, 3.05) is 50.5 Å². The number of nitrogens with one attached hydrogen (secondary N) is 3. The Balaban J connectivity index is 1.53. The number of pyridine rings is 1. The standard InChI is InChI=1S/C21H28N8/c1-14(23-2)19-17(22)6-4-15-12-25-21(27-20(15)19)26-18-7-5-16(13-24-18)29-10-8-28(3)9-11-29/h5,7,12-13,22-23H,4,6,8-11H2,1-3H3,(H,24,25,26,27)/b19-14+,22-17?. The molecule has 2 aromatic rings. The van der Waals surface area contributed by atoms with Crippen molar-refractivity contribution >= 4 is 28.7 Å². The van der Waals surface area contributed by atoms with Crippen LogP contribution in [0.5, 0.6) is 0 Å². The highest BCUT2D eigenvalue weighted by molar-refractivity contribution is 6.24. The van der Waals surface area contributed by atoms with Gasteiger partial charge in [-0.1, -0.05) is 0 Å². The SMILES string of the molecule is CN/C(C)=C1\C(=N)CCc2cnc(Nc3ccc(N4CCN(C)CC4)cn3)nc21. The van der Waals surface area contributed by atoms with Crippen molar-refractivity contribution in [3.8, 4) is 0 Å². The van der Waals surface area contributed by atoms with Gasteiger partial charge in [0.25, 0.3) is 0 Å². The van der Waals surface area contributed by atoms with E-state index in [0.29, 0.717) is 23.9 Å². The Labute approximate surface area is 171 Å².